The Labute approximate surface area is 140 Å². The first-order valence-electron chi connectivity index (χ1n) is 7.89. The summed E-state index contributed by atoms with van der Waals surface area (Å²) in [6.07, 6.45) is 1.28. The predicted octanol–water partition coefficient (Wildman–Crippen LogP) is 5.06. The Balaban J connectivity index is 1.63. The molecule has 23 heavy (non-hydrogen) atoms. The van der Waals surface area contributed by atoms with Crippen molar-refractivity contribution in [3.05, 3.63) is 53.9 Å². The SMILES string of the molecule is CCC1CNc2cc(-c3csc(-c4ccccc4)n3)ccc2O1. The first-order chi connectivity index (χ1) is 11.3. The van der Waals surface area contributed by atoms with Crippen molar-refractivity contribution in [1.29, 1.82) is 0 Å². The molecule has 1 aliphatic heterocycles. The molecule has 1 aromatic heterocycles. The summed E-state index contributed by atoms with van der Waals surface area (Å²) in [6.45, 7) is 3.01. The second-order valence-electron chi connectivity index (χ2n) is 5.64. The lowest BCUT2D eigenvalue weighted by atomic mass is 10.1. The molecule has 0 saturated heterocycles. The molecule has 2 heterocycles. The molecule has 4 rings (SSSR count). The summed E-state index contributed by atoms with van der Waals surface area (Å²) in [6, 6.07) is 16.6. The first kappa shape index (κ1) is 14.3. The second kappa shape index (κ2) is 6.05. The number of hydrogen-bond acceptors (Lipinski definition) is 4. The Morgan fingerprint density at radius 2 is 2.04 bits per heavy atom. The summed E-state index contributed by atoms with van der Waals surface area (Å²) >= 11 is 1.68. The number of thiazole rings is 1. The van der Waals surface area contributed by atoms with Crippen molar-refractivity contribution in [3.63, 3.8) is 0 Å². The van der Waals surface area contributed by atoms with E-state index in [1.54, 1.807) is 11.3 Å². The quantitative estimate of drug-likeness (QED) is 0.732. The molecular weight excluding hydrogens is 304 g/mol. The monoisotopic (exact) mass is 322 g/mol. The molecular formula is C19H18N2OS. The molecule has 3 aromatic rings. The zero-order valence-electron chi connectivity index (χ0n) is 13.0. The fourth-order valence-corrected chi connectivity index (χ4v) is 3.56. The van der Waals surface area contributed by atoms with E-state index >= 15 is 0 Å². The van der Waals surface area contributed by atoms with Gasteiger partial charge in [-0.05, 0) is 24.6 Å². The number of ether oxygens (including phenoxy) is 1. The van der Waals surface area contributed by atoms with Gasteiger partial charge in [0, 0.05) is 16.5 Å². The Morgan fingerprint density at radius 3 is 2.87 bits per heavy atom. The Bertz CT molecular complexity index is 813. The summed E-state index contributed by atoms with van der Waals surface area (Å²) in [7, 11) is 0. The molecule has 0 amide bonds. The Hall–Kier alpha value is -2.33. The van der Waals surface area contributed by atoms with Gasteiger partial charge < -0.3 is 10.1 Å². The van der Waals surface area contributed by atoms with Crippen molar-refractivity contribution in [2.75, 3.05) is 11.9 Å². The van der Waals surface area contributed by atoms with Crippen LogP contribution in [0.5, 0.6) is 5.75 Å². The van der Waals surface area contributed by atoms with Crippen LogP contribution < -0.4 is 10.1 Å². The van der Waals surface area contributed by atoms with E-state index in [0.717, 1.165) is 46.2 Å². The third kappa shape index (κ3) is 2.82. The smallest absolute Gasteiger partial charge is 0.142 e. The number of nitrogens with one attached hydrogen (secondary N) is 1. The van der Waals surface area contributed by atoms with E-state index in [1.165, 1.54) is 0 Å². The minimum Gasteiger partial charge on any atom is -0.486 e. The highest BCUT2D eigenvalue weighted by atomic mass is 32.1. The summed E-state index contributed by atoms with van der Waals surface area (Å²) in [5, 5.41) is 6.63. The van der Waals surface area contributed by atoms with E-state index in [2.05, 4.69) is 41.9 Å². The third-order valence-corrected chi connectivity index (χ3v) is 4.96. The second-order valence-corrected chi connectivity index (χ2v) is 6.50. The van der Waals surface area contributed by atoms with E-state index in [4.69, 9.17) is 9.72 Å². The lowest BCUT2D eigenvalue weighted by Gasteiger charge is -2.26. The van der Waals surface area contributed by atoms with Gasteiger partial charge in [-0.1, -0.05) is 37.3 Å². The normalized spacial score (nSPS) is 16.3. The molecule has 2 aromatic carbocycles. The van der Waals surface area contributed by atoms with Crippen LogP contribution in [-0.4, -0.2) is 17.6 Å². The fraction of sp³-hybridized carbons (Fsp3) is 0.211. The number of nitrogens with zero attached hydrogens (tertiary/aromatic N) is 1. The van der Waals surface area contributed by atoms with Crippen LogP contribution in [0.2, 0.25) is 0 Å². The van der Waals surface area contributed by atoms with Gasteiger partial charge in [0.2, 0.25) is 0 Å². The molecule has 116 valence electrons. The van der Waals surface area contributed by atoms with Crippen LogP contribution in [0.25, 0.3) is 21.8 Å². The lowest BCUT2D eigenvalue weighted by molar-refractivity contribution is 0.202. The van der Waals surface area contributed by atoms with Crippen LogP contribution in [-0.2, 0) is 0 Å². The molecule has 0 fully saturated rings. The average molecular weight is 322 g/mol. The molecule has 0 aliphatic carbocycles. The van der Waals surface area contributed by atoms with Gasteiger partial charge in [0.25, 0.3) is 0 Å². The fourth-order valence-electron chi connectivity index (χ4n) is 2.72. The molecule has 0 bridgehead atoms. The van der Waals surface area contributed by atoms with Crippen molar-refractivity contribution in [3.8, 4) is 27.6 Å². The Kier molecular flexibility index (Phi) is 3.75. The average Bonchev–Trinajstić information content (AvgIpc) is 3.11. The van der Waals surface area contributed by atoms with Crippen molar-refractivity contribution in [2.24, 2.45) is 0 Å². The number of hydrogen-bond donors (Lipinski definition) is 1. The maximum absolute atomic E-state index is 5.97. The van der Waals surface area contributed by atoms with E-state index in [9.17, 15) is 0 Å². The highest BCUT2D eigenvalue weighted by Crippen LogP contribution is 2.35. The molecule has 4 heteroatoms. The van der Waals surface area contributed by atoms with E-state index in [0.29, 0.717) is 0 Å². The van der Waals surface area contributed by atoms with E-state index < -0.39 is 0 Å². The highest BCUT2D eigenvalue weighted by Gasteiger charge is 2.18. The standard InChI is InChI=1S/C19H18N2OS/c1-2-15-11-20-16-10-14(8-9-18(16)22-15)17-12-23-19(21-17)13-6-4-3-5-7-13/h3-10,12,15,20H,2,11H2,1H3. The van der Waals surface area contributed by atoms with E-state index in [-0.39, 0.29) is 6.10 Å². The van der Waals surface area contributed by atoms with Crippen LogP contribution in [0.3, 0.4) is 0 Å². The largest absolute Gasteiger partial charge is 0.486 e. The van der Waals surface area contributed by atoms with Gasteiger partial charge in [-0.25, -0.2) is 4.98 Å². The zero-order chi connectivity index (χ0) is 15.6. The van der Waals surface area contributed by atoms with Gasteiger partial charge in [-0.3, -0.25) is 0 Å². The third-order valence-electron chi connectivity index (χ3n) is 4.07. The molecule has 1 atom stereocenters. The number of anilines is 1. The molecule has 1 aliphatic rings. The molecule has 1 N–H and O–H groups in total. The highest BCUT2D eigenvalue weighted by molar-refractivity contribution is 7.13. The minimum atomic E-state index is 0.261. The molecule has 0 saturated carbocycles. The minimum absolute atomic E-state index is 0.261. The molecule has 0 radical (unpaired) electrons. The van der Waals surface area contributed by atoms with Crippen LogP contribution in [0.1, 0.15) is 13.3 Å². The van der Waals surface area contributed by atoms with Gasteiger partial charge >= 0.3 is 0 Å². The van der Waals surface area contributed by atoms with Crippen molar-refractivity contribution >= 4 is 17.0 Å². The predicted molar refractivity (Wildman–Crippen MR) is 96.2 cm³/mol. The van der Waals surface area contributed by atoms with E-state index in [1.807, 2.05) is 24.3 Å². The van der Waals surface area contributed by atoms with Gasteiger partial charge in [-0.2, -0.15) is 0 Å². The van der Waals surface area contributed by atoms with Crippen LogP contribution >= 0.6 is 11.3 Å². The number of benzene rings is 2. The number of rotatable bonds is 3. The van der Waals surface area contributed by atoms with Gasteiger partial charge in [0.15, 0.2) is 0 Å². The lowest BCUT2D eigenvalue weighted by Crippen LogP contribution is -2.29. The molecule has 3 nitrogen and oxygen atoms in total. The van der Waals surface area contributed by atoms with Crippen LogP contribution in [0.15, 0.2) is 53.9 Å². The molecule has 1 unspecified atom stereocenters. The van der Waals surface area contributed by atoms with Crippen molar-refractivity contribution in [2.45, 2.75) is 19.4 Å². The zero-order valence-corrected chi connectivity index (χ0v) is 13.8. The maximum atomic E-state index is 5.97. The van der Waals surface area contributed by atoms with Crippen molar-refractivity contribution in [1.82, 2.24) is 4.98 Å². The summed E-state index contributed by atoms with van der Waals surface area (Å²) in [5.41, 5.74) is 4.35. The first-order valence-corrected chi connectivity index (χ1v) is 8.77. The van der Waals surface area contributed by atoms with Crippen LogP contribution in [0, 0.1) is 0 Å². The Morgan fingerprint density at radius 1 is 1.17 bits per heavy atom. The maximum Gasteiger partial charge on any atom is 0.142 e. The number of aromatic nitrogens is 1. The summed E-state index contributed by atoms with van der Waals surface area (Å²) in [5.74, 6) is 0.936. The summed E-state index contributed by atoms with van der Waals surface area (Å²) in [4.78, 5) is 4.78. The summed E-state index contributed by atoms with van der Waals surface area (Å²) < 4.78 is 5.97. The van der Waals surface area contributed by atoms with Crippen molar-refractivity contribution < 1.29 is 4.74 Å². The van der Waals surface area contributed by atoms with Gasteiger partial charge in [0.1, 0.15) is 16.9 Å². The molecule has 0 spiro atoms. The van der Waals surface area contributed by atoms with Gasteiger partial charge in [-0.15, -0.1) is 11.3 Å². The van der Waals surface area contributed by atoms with Gasteiger partial charge in [0.05, 0.1) is 17.9 Å². The van der Waals surface area contributed by atoms with Crippen LogP contribution in [0.4, 0.5) is 5.69 Å². The topological polar surface area (TPSA) is 34.2 Å². The number of fused-ring (bicyclic) bond motifs is 1.